The van der Waals surface area contributed by atoms with Gasteiger partial charge >= 0.3 is 0 Å². The summed E-state index contributed by atoms with van der Waals surface area (Å²) in [6, 6.07) is 25.3. The van der Waals surface area contributed by atoms with E-state index < -0.39 is 5.41 Å². The lowest BCUT2D eigenvalue weighted by molar-refractivity contribution is -0.166. The van der Waals surface area contributed by atoms with E-state index in [1.165, 1.54) is 5.69 Å². The molecule has 9 rings (SSSR count). The van der Waals surface area contributed by atoms with E-state index in [2.05, 4.69) is 53.3 Å². The molecule has 0 bridgehead atoms. The molecular formula is C44H48ClN7O4. The molecule has 5 fully saturated rings. The Bertz CT molecular complexity index is 2120. The van der Waals surface area contributed by atoms with Crippen molar-refractivity contribution in [3.05, 3.63) is 101 Å². The molecule has 3 aromatic carbocycles. The molecule has 1 atom stereocenters. The normalized spacial score (nSPS) is 22.4. The molecule has 0 saturated carbocycles. The van der Waals surface area contributed by atoms with E-state index in [0.29, 0.717) is 61.0 Å². The van der Waals surface area contributed by atoms with Gasteiger partial charge in [-0.1, -0.05) is 48.0 Å². The van der Waals surface area contributed by atoms with Gasteiger partial charge in [-0.2, -0.15) is 10.2 Å². The van der Waals surface area contributed by atoms with Crippen molar-refractivity contribution in [3.8, 4) is 17.0 Å². The molecule has 1 spiro atoms. The van der Waals surface area contributed by atoms with Crippen LogP contribution in [0.4, 0.5) is 11.4 Å². The van der Waals surface area contributed by atoms with Gasteiger partial charge in [0, 0.05) is 87.0 Å². The highest BCUT2D eigenvalue weighted by molar-refractivity contribution is 6.30. The van der Waals surface area contributed by atoms with Gasteiger partial charge in [0.25, 0.3) is 0 Å². The highest BCUT2D eigenvalue weighted by atomic mass is 35.5. The SMILES string of the molecule is O=C1CC[C@@H](c2ccc(N3CCC(CN4CC5(C4)CN(C(=O)C4(c6cccc(Cl)c6)CCN(c6cnnc(-c7ccccc7O)c6)CC4)C5)CC3)cc2)C(=O)N1. The average Bonchev–Trinajstić information content (AvgIpc) is 3.19. The van der Waals surface area contributed by atoms with Crippen LogP contribution in [-0.2, 0) is 19.8 Å². The number of hydrogen-bond acceptors (Lipinski definition) is 9. The number of phenols is 1. The van der Waals surface area contributed by atoms with E-state index in [1.54, 1.807) is 18.3 Å². The third-order valence-electron chi connectivity index (χ3n) is 13.1. The number of benzene rings is 3. The zero-order chi connectivity index (χ0) is 38.4. The second kappa shape index (κ2) is 14.8. The van der Waals surface area contributed by atoms with E-state index in [9.17, 15) is 19.5 Å². The number of piperidine rings is 3. The van der Waals surface area contributed by atoms with Crippen LogP contribution in [-0.4, -0.2) is 102 Å². The second-order valence-corrected chi connectivity index (χ2v) is 17.2. The lowest BCUT2D eigenvalue weighted by atomic mass is 9.67. The highest BCUT2D eigenvalue weighted by Crippen LogP contribution is 2.46. The number of carbonyl (C=O) groups excluding carboxylic acids is 3. The van der Waals surface area contributed by atoms with Gasteiger partial charge in [0.2, 0.25) is 17.7 Å². The number of anilines is 2. The van der Waals surface area contributed by atoms with Crippen LogP contribution in [0.3, 0.4) is 0 Å². The first-order chi connectivity index (χ1) is 27.2. The summed E-state index contributed by atoms with van der Waals surface area (Å²) in [5, 5.41) is 22.1. The van der Waals surface area contributed by atoms with Gasteiger partial charge in [-0.05, 0) is 91.6 Å². The predicted octanol–water partition coefficient (Wildman–Crippen LogP) is 5.62. The molecule has 1 aromatic heterocycles. The summed E-state index contributed by atoms with van der Waals surface area (Å²) in [4.78, 5) is 47.9. The van der Waals surface area contributed by atoms with Gasteiger partial charge in [-0.25, -0.2) is 0 Å². The molecule has 5 aliphatic heterocycles. The van der Waals surface area contributed by atoms with Crippen LogP contribution in [0.2, 0.25) is 5.02 Å². The van der Waals surface area contributed by atoms with Crippen molar-refractivity contribution in [1.82, 2.24) is 25.3 Å². The van der Waals surface area contributed by atoms with Crippen LogP contribution in [0.1, 0.15) is 55.6 Å². The predicted molar refractivity (Wildman–Crippen MR) is 216 cm³/mol. The van der Waals surface area contributed by atoms with Crippen LogP contribution in [0.15, 0.2) is 85.1 Å². The molecule has 56 heavy (non-hydrogen) atoms. The van der Waals surface area contributed by atoms with E-state index in [-0.39, 0.29) is 34.8 Å². The number of nitrogens with one attached hydrogen (secondary N) is 1. The lowest BCUT2D eigenvalue weighted by Gasteiger charge is -2.62. The number of likely N-dealkylation sites (tertiary alicyclic amines) is 2. The van der Waals surface area contributed by atoms with E-state index in [0.717, 1.165) is 75.5 Å². The summed E-state index contributed by atoms with van der Waals surface area (Å²) in [7, 11) is 0. The first-order valence-corrected chi connectivity index (χ1v) is 20.4. The van der Waals surface area contributed by atoms with Crippen LogP contribution >= 0.6 is 11.6 Å². The smallest absolute Gasteiger partial charge is 0.234 e. The topological polar surface area (TPSA) is 122 Å². The number of aromatic nitrogens is 2. The van der Waals surface area contributed by atoms with E-state index in [4.69, 9.17) is 11.6 Å². The maximum atomic E-state index is 14.6. The standard InChI is InChI=1S/C44H48ClN7O4/c45-33-5-3-4-32(22-33)44(16-20-51(21-17-44)35-23-38(48-46-24-35)37-6-1-2-7-39(37)53)42(56)52-28-43(29-52)26-49(27-43)25-30-14-18-50(19-15-30)34-10-8-31(9-11-34)36-12-13-40(54)47-41(36)55/h1-11,22-24,30,36,53H,12-21,25-29H2,(H,47,54,55)/t36-/m0/s1. The Balaban J connectivity index is 0.779. The molecule has 3 amide bonds. The number of halogens is 1. The minimum atomic E-state index is -0.646. The van der Waals surface area contributed by atoms with Crippen molar-refractivity contribution in [2.45, 2.75) is 49.9 Å². The number of hydrogen-bond donors (Lipinski definition) is 2. The minimum Gasteiger partial charge on any atom is -0.507 e. The van der Waals surface area contributed by atoms with Crippen LogP contribution in [0, 0.1) is 11.3 Å². The molecule has 5 aliphatic rings. The van der Waals surface area contributed by atoms with Crippen molar-refractivity contribution in [3.63, 3.8) is 0 Å². The van der Waals surface area contributed by atoms with Crippen LogP contribution < -0.4 is 15.1 Å². The Labute approximate surface area is 332 Å². The van der Waals surface area contributed by atoms with Gasteiger partial charge in [0.1, 0.15) is 5.75 Å². The summed E-state index contributed by atoms with van der Waals surface area (Å²) in [5.41, 5.74) is 4.88. The zero-order valence-electron chi connectivity index (χ0n) is 31.6. The number of nitrogens with zero attached hydrogens (tertiary/aromatic N) is 6. The summed E-state index contributed by atoms with van der Waals surface area (Å²) in [6.45, 7) is 8.21. The molecular weight excluding hydrogens is 726 g/mol. The van der Waals surface area contributed by atoms with E-state index in [1.807, 2.05) is 48.5 Å². The summed E-state index contributed by atoms with van der Waals surface area (Å²) in [5.74, 6) is 0.412. The number of amides is 3. The Morgan fingerprint density at radius 3 is 2.29 bits per heavy atom. The van der Waals surface area contributed by atoms with Crippen LogP contribution in [0.25, 0.3) is 11.3 Å². The molecule has 5 saturated heterocycles. The van der Waals surface area contributed by atoms with Crippen molar-refractivity contribution in [2.75, 3.05) is 68.7 Å². The Hall–Kier alpha value is -5.00. The Morgan fingerprint density at radius 1 is 0.839 bits per heavy atom. The fourth-order valence-corrected chi connectivity index (χ4v) is 10.2. The molecule has 12 heteroatoms. The van der Waals surface area contributed by atoms with Crippen molar-refractivity contribution in [2.24, 2.45) is 11.3 Å². The number of para-hydroxylation sites is 1. The first kappa shape index (κ1) is 36.6. The fourth-order valence-electron chi connectivity index (χ4n) is 10.0. The quantitative estimate of drug-likeness (QED) is 0.220. The summed E-state index contributed by atoms with van der Waals surface area (Å²) >= 11 is 6.52. The number of imide groups is 1. The van der Waals surface area contributed by atoms with Gasteiger partial charge in [-0.3, -0.25) is 19.7 Å². The molecule has 290 valence electrons. The molecule has 0 unspecified atom stereocenters. The second-order valence-electron chi connectivity index (χ2n) is 16.8. The largest absolute Gasteiger partial charge is 0.507 e. The highest BCUT2D eigenvalue weighted by Gasteiger charge is 2.56. The van der Waals surface area contributed by atoms with Gasteiger partial charge in [0.05, 0.1) is 28.9 Å². The maximum Gasteiger partial charge on any atom is 0.234 e. The molecule has 0 radical (unpaired) electrons. The number of aromatic hydroxyl groups is 1. The maximum absolute atomic E-state index is 14.6. The number of carbonyl (C=O) groups is 3. The fraction of sp³-hybridized carbons (Fsp3) is 0.432. The Kier molecular flexibility index (Phi) is 9.69. The monoisotopic (exact) mass is 773 g/mol. The number of rotatable bonds is 8. The van der Waals surface area contributed by atoms with Gasteiger partial charge < -0.3 is 24.7 Å². The third kappa shape index (κ3) is 7.00. The summed E-state index contributed by atoms with van der Waals surface area (Å²) < 4.78 is 0. The van der Waals surface area contributed by atoms with Crippen molar-refractivity contribution < 1.29 is 19.5 Å². The lowest BCUT2D eigenvalue weighted by Crippen LogP contribution is -2.74. The molecule has 11 nitrogen and oxygen atoms in total. The number of phenolic OH excluding ortho intramolecular Hbond substituents is 1. The Morgan fingerprint density at radius 2 is 1.57 bits per heavy atom. The van der Waals surface area contributed by atoms with Crippen LogP contribution in [0.5, 0.6) is 5.75 Å². The minimum absolute atomic E-state index is 0.167. The van der Waals surface area contributed by atoms with Crippen molar-refractivity contribution in [1.29, 1.82) is 0 Å². The third-order valence-corrected chi connectivity index (χ3v) is 13.3. The molecule has 2 N–H and O–H groups in total. The summed E-state index contributed by atoms with van der Waals surface area (Å²) in [6.07, 6.45) is 6.34. The molecule has 0 aliphatic carbocycles. The first-order valence-electron chi connectivity index (χ1n) is 20.0. The molecule has 4 aromatic rings. The van der Waals surface area contributed by atoms with Gasteiger partial charge in [0.15, 0.2) is 0 Å². The van der Waals surface area contributed by atoms with Crippen molar-refractivity contribution >= 4 is 40.7 Å². The molecule has 6 heterocycles. The van der Waals surface area contributed by atoms with E-state index >= 15 is 0 Å². The zero-order valence-corrected chi connectivity index (χ0v) is 32.3. The average molecular weight is 774 g/mol. The van der Waals surface area contributed by atoms with Gasteiger partial charge in [-0.15, -0.1) is 0 Å².